The lowest BCUT2D eigenvalue weighted by Crippen LogP contribution is -2.12. The molecule has 1 aromatic heterocycles. The van der Waals surface area contributed by atoms with Crippen molar-refractivity contribution in [3.8, 4) is 11.5 Å². The van der Waals surface area contributed by atoms with Crippen LogP contribution in [0.15, 0.2) is 29.0 Å². The molecular formula is C14H16ClNO2S. The minimum absolute atomic E-state index is 0.564. The van der Waals surface area contributed by atoms with Gasteiger partial charge in [0.1, 0.15) is 0 Å². The summed E-state index contributed by atoms with van der Waals surface area (Å²) in [4.78, 5) is 0. The van der Waals surface area contributed by atoms with Crippen molar-refractivity contribution in [2.45, 2.75) is 13.1 Å². The first-order chi connectivity index (χ1) is 9.24. The van der Waals surface area contributed by atoms with Crippen molar-refractivity contribution in [3.63, 3.8) is 0 Å². The maximum absolute atomic E-state index is 6.16. The highest BCUT2D eigenvalue weighted by Crippen LogP contribution is 2.35. The molecule has 0 aliphatic heterocycles. The predicted molar refractivity (Wildman–Crippen MR) is 79.4 cm³/mol. The number of nitrogens with one attached hydrogen (secondary N) is 1. The molecule has 0 fully saturated rings. The number of rotatable bonds is 6. The van der Waals surface area contributed by atoms with Crippen LogP contribution in [0.5, 0.6) is 11.5 Å². The van der Waals surface area contributed by atoms with Crippen molar-refractivity contribution in [3.05, 3.63) is 45.1 Å². The Kier molecular flexibility index (Phi) is 5.07. The lowest BCUT2D eigenvalue weighted by Gasteiger charge is -2.12. The molecule has 1 aromatic carbocycles. The van der Waals surface area contributed by atoms with Gasteiger partial charge in [-0.2, -0.15) is 11.3 Å². The average Bonchev–Trinajstić information content (AvgIpc) is 2.91. The molecule has 0 unspecified atom stereocenters. The minimum atomic E-state index is 0.564. The smallest absolute Gasteiger partial charge is 0.179 e. The molecule has 0 atom stereocenters. The summed E-state index contributed by atoms with van der Waals surface area (Å²) in [5, 5.41) is 8.14. The third kappa shape index (κ3) is 3.62. The fourth-order valence-corrected chi connectivity index (χ4v) is 2.80. The Labute approximate surface area is 122 Å². The molecule has 0 bridgehead atoms. The summed E-state index contributed by atoms with van der Waals surface area (Å²) >= 11 is 7.86. The van der Waals surface area contributed by atoms with Gasteiger partial charge in [-0.25, -0.2) is 0 Å². The molecule has 3 nitrogen and oxygen atoms in total. The van der Waals surface area contributed by atoms with E-state index in [1.54, 1.807) is 25.6 Å². The minimum Gasteiger partial charge on any atom is -0.493 e. The molecule has 0 saturated heterocycles. The third-order valence-corrected chi connectivity index (χ3v) is 3.74. The highest BCUT2D eigenvalue weighted by atomic mass is 35.5. The van der Waals surface area contributed by atoms with E-state index in [0.29, 0.717) is 16.5 Å². The first kappa shape index (κ1) is 14.2. The molecular weight excluding hydrogens is 282 g/mol. The van der Waals surface area contributed by atoms with Gasteiger partial charge in [0, 0.05) is 13.1 Å². The summed E-state index contributed by atoms with van der Waals surface area (Å²) in [6.45, 7) is 1.57. The lowest BCUT2D eigenvalue weighted by molar-refractivity contribution is 0.354. The van der Waals surface area contributed by atoms with Crippen molar-refractivity contribution >= 4 is 22.9 Å². The first-order valence-electron chi connectivity index (χ1n) is 5.86. The number of thiophene rings is 1. The van der Waals surface area contributed by atoms with Crippen molar-refractivity contribution < 1.29 is 9.47 Å². The summed E-state index contributed by atoms with van der Waals surface area (Å²) in [7, 11) is 3.19. The number of hydrogen-bond acceptors (Lipinski definition) is 4. The number of ether oxygens (including phenoxy) is 2. The molecule has 1 N–H and O–H groups in total. The van der Waals surface area contributed by atoms with Gasteiger partial charge in [0.05, 0.1) is 19.2 Å². The van der Waals surface area contributed by atoms with Crippen LogP contribution in [0.2, 0.25) is 5.02 Å². The van der Waals surface area contributed by atoms with Gasteiger partial charge < -0.3 is 14.8 Å². The van der Waals surface area contributed by atoms with Crippen LogP contribution >= 0.6 is 22.9 Å². The second-order valence-corrected chi connectivity index (χ2v) is 5.24. The van der Waals surface area contributed by atoms with Gasteiger partial charge in [-0.15, -0.1) is 0 Å². The number of hydrogen-bond donors (Lipinski definition) is 1. The van der Waals surface area contributed by atoms with Gasteiger partial charge in [-0.05, 0) is 40.1 Å². The van der Waals surface area contributed by atoms with Crippen LogP contribution in [0.25, 0.3) is 0 Å². The van der Waals surface area contributed by atoms with Gasteiger partial charge in [0.25, 0.3) is 0 Å². The SMILES string of the molecule is COc1cc(CNCc2ccsc2)cc(Cl)c1OC. The molecule has 0 amide bonds. The molecule has 0 saturated carbocycles. The Morgan fingerprint density at radius 2 is 1.95 bits per heavy atom. The van der Waals surface area contributed by atoms with E-state index in [0.717, 1.165) is 18.7 Å². The topological polar surface area (TPSA) is 30.5 Å². The standard InChI is InChI=1S/C14H16ClNO2S/c1-17-13-6-11(5-12(15)14(13)18-2)8-16-7-10-3-4-19-9-10/h3-6,9,16H,7-8H2,1-2H3. The van der Waals surface area contributed by atoms with Crippen LogP contribution in [0, 0.1) is 0 Å². The Morgan fingerprint density at radius 1 is 1.16 bits per heavy atom. The van der Waals surface area contributed by atoms with E-state index >= 15 is 0 Å². The normalized spacial score (nSPS) is 10.5. The van der Waals surface area contributed by atoms with E-state index in [1.807, 2.05) is 12.1 Å². The summed E-state index contributed by atoms with van der Waals surface area (Å²) in [6.07, 6.45) is 0. The monoisotopic (exact) mass is 297 g/mol. The third-order valence-electron chi connectivity index (χ3n) is 2.73. The Morgan fingerprint density at radius 3 is 2.58 bits per heavy atom. The maximum atomic E-state index is 6.16. The molecule has 0 aliphatic rings. The molecule has 0 spiro atoms. The van der Waals surface area contributed by atoms with Gasteiger partial charge in [-0.1, -0.05) is 11.6 Å². The van der Waals surface area contributed by atoms with Crippen LogP contribution in [0.3, 0.4) is 0 Å². The Balaban J connectivity index is 2.02. The highest BCUT2D eigenvalue weighted by Gasteiger charge is 2.10. The van der Waals surface area contributed by atoms with Crippen molar-refractivity contribution in [2.24, 2.45) is 0 Å². The van der Waals surface area contributed by atoms with Crippen LogP contribution < -0.4 is 14.8 Å². The van der Waals surface area contributed by atoms with Crippen molar-refractivity contribution in [2.75, 3.05) is 14.2 Å². The van der Waals surface area contributed by atoms with Crippen molar-refractivity contribution in [1.29, 1.82) is 0 Å². The van der Waals surface area contributed by atoms with Gasteiger partial charge in [-0.3, -0.25) is 0 Å². The summed E-state index contributed by atoms with van der Waals surface area (Å²) in [6, 6.07) is 5.94. The maximum Gasteiger partial charge on any atom is 0.179 e. The Hall–Kier alpha value is -1.23. The lowest BCUT2D eigenvalue weighted by atomic mass is 10.2. The van der Waals surface area contributed by atoms with Gasteiger partial charge >= 0.3 is 0 Å². The first-order valence-corrected chi connectivity index (χ1v) is 7.19. The zero-order valence-corrected chi connectivity index (χ0v) is 12.5. The van der Waals surface area contributed by atoms with E-state index in [1.165, 1.54) is 5.56 Å². The van der Waals surface area contributed by atoms with Crippen LogP contribution in [0.4, 0.5) is 0 Å². The average molecular weight is 298 g/mol. The summed E-state index contributed by atoms with van der Waals surface area (Å²) in [5.41, 5.74) is 2.36. The fourth-order valence-electron chi connectivity index (χ4n) is 1.82. The van der Waals surface area contributed by atoms with Crippen molar-refractivity contribution in [1.82, 2.24) is 5.32 Å². The highest BCUT2D eigenvalue weighted by molar-refractivity contribution is 7.07. The van der Waals surface area contributed by atoms with Gasteiger partial charge in [0.15, 0.2) is 11.5 Å². The quantitative estimate of drug-likeness (QED) is 0.882. The Bertz CT molecular complexity index is 528. The molecule has 2 rings (SSSR count). The second-order valence-electron chi connectivity index (χ2n) is 4.05. The summed E-state index contributed by atoms with van der Waals surface area (Å²) < 4.78 is 10.5. The van der Waals surface area contributed by atoms with E-state index in [9.17, 15) is 0 Å². The zero-order chi connectivity index (χ0) is 13.7. The van der Waals surface area contributed by atoms with E-state index in [-0.39, 0.29) is 0 Å². The molecule has 5 heteroatoms. The molecule has 2 aromatic rings. The number of benzene rings is 1. The number of halogens is 1. The number of methoxy groups -OCH3 is 2. The van der Waals surface area contributed by atoms with E-state index in [2.05, 4.69) is 22.1 Å². The van der Waals surface area contributed by atoms with Gasteiger partial charge in [0.2, 0.25) is 0 Å². The molecule has 0 radical (unpaired) electrons. The summed E-state index contributed by atoms with van der Waals surface area (Å²) in [5.74, 6) is 1.23. The van der Waals surface area contributed by atoms with E-state index in [4.69, 9.17) is 21.1 Å². The van der Waals surface area contributed by atoms with Crippen LogP contribution in [0.1, 0.15) is 11.1 Å². The fraction of sp³-hybridized carbons (Fsp3) is 0.286. The van der Waals surface area contributed by atoms with Crippen LogP contribution in [-0.4, -0.2) is 14.2 Å². The molecule has 102 valence electrons. The second kappa shape index (κ2) is 6.80. The molecule has 1 heterocycles. The zero-order valence-electron chi connectivity index (χ0n) is 10.9. The molecule has 0 aliphatic carbocycles. The molecule has 19 heavy (non-hydrogen) atoms. The largest absolute Gasteiger partial charge is 0.493 e. The van der Waals surface area contributed by atoms with E-state index < -0.39 is 0 Å². The predicted octanol–water partition coefficient (Wildman–Crippen LogP) is 3.71. The van der Waals surface area contributed by atoms with Crippen LogP contribution in [-0.2, 0) is 13.1 Å².